The Bertz CT molecular complexity index is 350. The summed E-state index contributed by atoms with van der Waals surface area (Å²) in [7, 11) is 0. The minimum atomic E-state index is -0.185. The van der Waals surface area contributed by atoms with Crippen molar-refractivity contribution in [1.82, 2.24) is 0 Å². The van der Waals surface area contributed by atoms with E-state index in [1.54, 1.807) is 0 Å². The first kappa shape index (κ1) is 12.7. The predicted molar refractivity (Wildman–Crippen MR) is 66.8 cm³/mol. The van der Waals surface area contributed by atoms with Crippen LogP contribution in [0.3, 0.4) is 0 Å². The van der Waals surface area contributed by atoms with Gasteiger partial charge in [0, 0.05) is 8.95 Å². The van der Waals surface area contributed by atoms with Crippen molar-refractivity contribution >= 4 is 37.8 Å². The van der Waals surface area contributed by atoms with Crippen molar-refractivity contribution in [3.05, 3.63) is 32.7 Å². The summed E-state index contributed by atoms with van der Waals surface area (Å²) in [5.74, 6) is -0.185. The highest BCUT2D eigenvalue weighted by Gasteiger charge is 2.09. The topological polar surface area (TPSA) is 26.3 Å². The Kier molecular flexibility index (Phi) is 5.32. The lowest BCUT2D eigenvalue weighted by Crippen LogP contribution is -2.09. The number of rotatable bonds is 4. The lowest BCUT2D eigenvalue weighted by molar-refractivity contribution is -0.142. The van der Waals surface area contributed by atoms with Gasteiger partial charge in [-0.2, -0.15) is 0 Å². The molecule has 0 heterocycles. The van der Waals surface area contributed by atoms with Gasteiger partial charge in [0.15, 0.2) is 0 Å². The fraction of sp³-hybridized carbons (Fsp3) is 0.364. The summed E-state index contributed by atoms with van der Waals surface area (Å²) < 4.78 is 6.88. The van der Waals surface area contributed by atoms with E-state index < -0.39 is 0 Å². The molecule has 2 nitrogen and oxygen atoms in total. The Morgan fingerprint density at radius 3 is 2.80 bits per heavy atom. The van der Waals surface area contributed by atoms with E-state index in [9.17, 15) is 4.79 Å². The molecule has 15 heavy (non-hydrogen) atoms. The van der Waals surface area contributed by atoms with Gasteiger partial charge in [-0.1, -0.05) is 19.1 Å². The van der Waals surface area contributed by atoms with Gasteiger partial charge >= 0.3 is 5.97 Å². The van der Waals surface area contributed by atoms with Crippen molar-refractivity contribution in [2.45, 2.75) is 19.8 Å². The van der Waals surface area contributed by atoms with Crippen LogP contribution in [-0.2, 0) is 16.0 Å². The lowest BCUT2D eigenvalue weighted by atomic mass is 10.1. The number of carbonyl (C=O) groups excluding carboxylic acids is 1. The van der Waals surface area contributed by atoms with Gasteiger partial charge in [-0.25, -0.2) is 0 Å². The van der Waals surface area contributed by atoms with Crippen LogP contribution >= 0.6 is 31.9 Å². The first-order valence-electron chi connectivity index (χ1n) is 4.73. The summed E-state index contributed by atoms with van der Waals surface area (Å²) >= 11 is 6.81. The van der Waals surface area contributed by atoms with Crippen molar-refractivity contribution in [3.8, 4) is 0 Å². The summed E-state index contributed by atoms with van der Waals surface area (Å²) in [5, 5.41) is 0. The zero-order valence-corrected chi connectivity index (χ0v) is 11.6. The molecule has 1 aromatic carbocycles. The molecule has 0 bridgehead atoms. The summed E-state index contributed by atoms with van der Waals surface area (Å²) in [6.45, 7) is 2.47. The zero-order valence-electron chi connectivity index (χ0n) is 8.43. The number of carbonyl (C=O) groups is 1. The molecule has 0 spiro atoms. The Labute approximate surface area is 106 Å². The van der Waals surface area contributed by atoms with E-state index in [0.29, 0.717) is 13.0 Å². The van der Waals surface area contributed by atoms with E-state index >= 15 is 0 Å². The van der Waals surface area contributed by atoms with E-state index in [1.807, 2.05) is 25.1 Å². The number of ether oxygens (including phenoxy) is 1. The van der Waals surface area contributed by atoms with Gasteiger partial charge in [-0.3, -0.25) is 4.79 Å². The molecule has 0 atom stereocenters. The Morgan fingerprint density at radius 2 is 2.13 bits per heavy atom. The fourth-order valence-electron chi connectivity index (χ4n) is 1.11. The molecule has 0 amide bonds. The van der Waals surface area contributed by atoms with E-state index in [4.69, 9.17) is 4.74 Å². The SMILES string of the molecule is CCCOC(=O)Cc1cccc(Br)c1Br. The average molecular weight is 336 g/mol. The number of benzene rings is 1. The molecule has 4 heteroatoms. The normalized spacial score (nSPS) is 10.1. The zero-order chi connectivity index (χ0) is 11.3. The molecule has 0 radical (unpaired) electrons. The number of halogens is 2. The molecule has 0 saturated carbocycles. The number of esters is 1. The maximum atomic E-state index is 11.4. The Hall–Kier alpha value is -0.350. The molecule has 82 valence electrons. The van der Waals surface area contributed by atoms with Crippen LogP contribution in [0.2, 0.25) is 0 Å². The number of hydrogen-bond donors (Lipinski definition) is 0. The second-order valence-electron chi connectivity index (χ2n) is 3.11. The molecule has 0 aromatic heterocycles. The second kappa shape index (κ2) is 6.28. The highest BCUT2D eigenvalue weighted by atomic mass is 79.9. The summed E-state index contributed by atoms with van der Waals surface area (Å²) in [4.78, 5) is 11.4. The van der Waals surface area contributed by atoms with Crippen LogP contribution in [0.25, 0.3) is 0 Å². The van der Waals surface area contributed by atoms with Gasteiger partial charge in [-0.15, -0.1) is 0 Å². The highest BCUT2D eigenvalue weighted by molar-refractivity contribution is 9.13. The standard InChI is InChI=1S/C11H12Br2O2/c1-2-6-15-10(14)7-8-4-3-5-9(12)11(8)13/h3-5H,2,6-7H2,1H3. The molecular weight excluding hydrogens is 324 g/mol. The van der Waals surface area contributed by atoms with Crippen molar-refractivity contribution in [2.24, 2.45) is 0 Å². The third kappa shape index (κ3) is 3.95. The highest BCUT2D eigenvalue weighted by Crippen LogP contribution is 2.26. The van der Waals surface area contributed by atoms with E-state index in [1.165, 1.54) is 0 Å². The third-order valence-electron chi connectivity index (χ3n) is 1.83. The van der Waals surface area contributed by atoms with Crippen molar-refractivity contribution in [1.29, 1.82) is 0 Å². The summed E-state index contributed by atoms with van der Waals surface area (Å²) in [6, 6.07) is 5.73. The van der Waals surface area contributed by atoms with Crippen LogP contribution in [0.15, 0.2) is 27.1 Å². The van der Waals surface area contributed by atoms with Crippen LogP contribution in [-0.4, -0.2) is 12.6 Å². The van der Waals surface area contributed by atoms with E-state index in [2.05, 4.69) is 31.9 Å². The van der Waals surface area contributed by atoms with Gasteiger partial charge in [0.1, 0.15) is 0 Å². The Morgan fingerprint density at radius 1 is 1.40 bits per heavy atom. The molecule has 1 aromatic rings. The maximum absolute atomic E-state index is 11.4. The molecule has 0 saturated heterocycles. The molecule has 0 aliphatic heterocycles. The van der Waals surface area contributed by atoms with Gasteiger partial charge in [-0.05, 0) is 49.9 Å². The quantitative estimate of drug-likeness (QED) is 0.784. The third-order valence-corrected chi connectivity index (χ3v) is 3.96. The van der Waals surface area contributed by atoms with E-state index in [0.717, 1.165) is 20.9 Å². The summed E-state index contributed by atoms with van der Waals surface area (Å²) in [5.41, 5.74) is 0.936. The lowest BCUT2D eigenvalue weighted by Gasteiger charge is -2.06. The maximum Gasteiger partial charge on any atom is 0.310 e. The minimum Gasteiger partial charge on any atom is -0.465 e. The average Bonchev–Trinajstić information content (AvgIpc) is 2.22. The Balaban J connectivity index is 2.64. The molecular formula is C11H12Br2O2. The molecule has 0 N–H and O–H groups in total. The minimum absolute atomic E-state index is 0.185. The van der Waals surface area contributed by atoms with Gasteiger partial charge < -0.3 is 4.74 Å². The molecule has 0 unspecified atom stereocenters. The van der Waals surface area contributed by atoms with Crippen LogP contribution in [0.1, 0.15) is 18.9 Å². The molecule has 0 aliphatic carbocycles. The van der Waals surface area contributed by atoms with E-state index in [-0.39, 0.29) is 5.97 Å². The fourth-order valence-corrected chi connectivity index (χ4v) is 1.92. The summed E-state index contributed by atoms with van der Waals surface area (Å²) in [6.07, 6.45) is 1.16. The number of hydrogen-bond acceptors (Lipinski definition) is 2. The predicted octanol–water partition coefficient (Wildman–Crippen LogP) is 3.71. The molecule has 0 aliphatic rings. The van der Waals surface area contributed by atoms with Crippen LogP contribution in [0, 0.1) is 0 Å². The largest absolute Gasteiger partial charge is 0.465 e. The van der Waals surface area contributed by atoms with Crippen molar-refractivity contribution in [3.63, 3.8) is 0 Å². The van der Waals surface area contributed by atoms with Crippen molar-refractivity contribution < 1.29 is 9.53 Å². The van der Waals surface area contributed by atoms with Gasteiger partial charge in [0.2, 0.25) is 0 Å². The van der Waals surface area contributed by atoms with Crippen LogP contribution < -0.4 is 0 Å². The van der Waals surface area contributed by atoms with Gasteiger partial charge in [0.05, 0.1) is 13.0 Å². The first-order valence-corrected chi connectivity index (χ1v) is 6.32. The molecule has 1 rings (SSSR count). The van der Waals surface area contributed by atoms with Gasteiger partial charge in [0.25, 0.3) is 0 Å². The smallest absolute Gasteiger partial charge is 0.310 e. The van der Waals surface area contributed by atoms with Crippen molar-refractivity contribution in [2.75, 3.05) is 6.61 Å². The second-order valence-corrected chi connectivity index (χ2v) is 4.76. The monoisotopic (exact) mass is 334 g/mol. The first-order chi connectivity index (χ1) is 7.15. The van der Waals surface area contributed by atoms with Crippen LogP contribution in [0.4, 0.5) is 0 Å². The molecule has 0 fully saturated rings. The van der Waals surface area contributed by atoms with Crippen LogP contribution in [0.5, 0.6) is 0 Å².